The Morgan fingerprint density at radius 1 is 1.03 bits per heavy atom. The Kier molecular flexibility index (Phi) is 7.51. The first kappa shape index (κ1) is 24.5. The van der Waals surface area contributed by atoms with Crippen molar-refractivity contribution in [1.82, 2.24) is 4.57 Å². The standard InChI is InChI=1S/C29H30FNO4/c1-19(2)12-20-13-26(30)25(28(33)14-20)17-31-16-22(24-10-6-7-11-27(24)31)15-23(32)18-35-29(34)21-8-4-3-5-9-21/h3-11,13-14,16,19,23,32-33H,12,15,17-18H2,1-2H3/t23-/m0/s1. The van der Waals surface area contributed by atoms with Crippen molar-refractivity contribution in [3.05, 3.63) is 101 Å². The minimum absolute atomic E-state index is 0.0622. The van der Waals surface area contributed by atoms with Crippen LogP contribution in [0.1, 0.15) is 40.9 Å². The smallest absolute Gasteiger partial charge is 0.338 e. The molecule has 0 saturated carbocycles. The number of ether oxygens (including phenoxy) is 1. The summed E-state index contributed by atoms with van der Waals surface area (Å²) in [6, 6.07) is 19.4. The van der Waals surface area contributed by atoms with Crippen LogP contribution >= 0.6 is 0 Å². The number of rotatable bonds is 9. The summed E-state index contributed by atoms with van der Waals surface area (Å²) in [5, 5.41) is 22.0. The fraction of sp³-hybridized carbons (Fsp3) is 0.276. The molecule has 0 spiro atoms. The molecule has 0 bridgehead atoms. The van der Waals surface area contributed by atoms with Crippen molar-refractivity contribution in [3.8, 4) is 5.75 Å². The van der Waals surface area contributed by atoms with Crippen LogP contribution < -0.4 is 0 Å². The molecule has 0 aliphatic heterocycles. The number of para-hydroxylation sites is 1. The van der Waals surface area contributed by atoms with E-state index in [0.29, 0.717) is 17.9 Å². The lowest BCUT2D eigenvalue weighted by atomic mass is 10.0. The van der Waals surface area contributed by atoms with Crippen LogP contribution in [0.15, 0.2) is 72.9 Å². The molecular weight excluding hydrogens is 445 g/mol. The van der Waals surface area contributed by atoms with Crippen LogP contribution in [0, 0.1) is 11.7 Å². The van der Waals surface area contributed by atoms with E-state index < -0.39 is 17.9 Å². The number of fused-ring (bicyclic) bond motifs is 1. The van der Waals surface area contributed by atoms with Crippen molar-refractivity contribution in [1.29, 1.82) is 0 Å². The summed E-state index contributed by atoms with van der Waals surface area (Å²) in [5.74, 6) is -0.631. The molecule has 0 fully saturated rings. The van der Waals surface area contributed by atoms with Crippen LogP contribution in [-0.4, -0.2) is 33.5 Å². The number of benzene rings is 3. The largest absolute Gasteiger partial charge is 0.507 e. The molecule has 0 amide bonds. The number of phenols is 1. The van der Waals surface area contributed by atoms with Crippen molar-refractivity contribution in [2.75, 3.05) is 6.61 Å². The highest BCUT2D eigenvalue weighted by Gasteiger charge is 2.18. The molecule has 2 N–H and O–H groups in total. The zero-order valence-electron chi connectivity index (χ0n) is 19.9. The number of aliphatic hydroxyl groups excluding tert-OH is 1. The van der Waals surface area contributed by atoms with Gasteiger partial charge in [-0.1, -0.05) is 50.2 Å². The maximum Gasteiger partial charge on any atom is 0.338 e. The Hall–Kier alpha value is -3.64. The van der Waals surface area contributed by atoms with Gasteiger partial charge in [-0.25, -0.2) is 9.18 Å². The Labute approximate surface area is 204 Å². The second kappa shape index (κ2) is 10.7. The van der Waals surface area contributed by atoms with Gasteiger partial charge in [0.05, 0.1) is 18.2 Å². The zero-order valence-corrected chi connectivity index (χ0v) is 19.9. The van der Waals surface area contributed by atoms with Gasteiger partial charge in [0.1, 0.15) is 18.2 Å². The van der Waals surface area contributed by atoms with E-state index in [4.69, 9.17) is 4.74 Å². The van der Waals surface area contributed by atoms with Gasteiger partial charge < -0.3 is 19.5 Å². The molecule has 1 heterocycles. The molecule has 0 aliphatic carbocycles. The Bertz CT molecular complexity index is 1290. The summed E-state index contributed by atoms with van der Waals surface area (Å²) in [5.41, 5.74) is 3.13. The summed E-state index contributed by atoms with van der Waals surface area (Å²) in [7, 11) is 0. The molecule has 1 atom stereocenters. The van der Waals surface area contributed by atoms with E-state index in [-0.39, 0.29) is 30.9 Å². The average molecular weight is 476 g/mol. The quantitative estimate of drug-likeness (QED) is 0.314. The minimum Gasteiger partial charge on any atom is -0.507 e. The fourth-order valence-corrected chi connectivity index (χ4v) is 4.35. The van der Waals surface area contributed by atoms with Crippen LogP contribution in [0.2, 0.25) is 0 Å². The monoisotopic (exact) mass is 475 g/mol. The number of phenolic OH excluding ortho intramolecular Hbond substituents is 1. The van der Waals surface area contributed by atoms with Crippen molar-refractivity contribution >= 4 is 16.9 Å². The summed E-state index contributed by atoms with van der Waals surface area (Å²) in [6.07, 6.45) is 1.90. The molecular formula is C29H30FNO4. The number of aliphatic hydroxyl groups is 1. The third-order valence-electron chi connectivity index (χ3n) is 5.95. The second-order valence-corrected chi connectivity index (χ2v) is 9.30. The maximum absolute atomic E-state index is 14.9. The van der Waals surface area contributed by atoms with Crippen LogP contribution in [0.25, 0.3) is 10.9 Å². The lowest BCUT2D eigenvalue weighted by Gasteiger charge is -2.12. The first-order chi connectivity index (χ1) is 16.8. The summed E-state index contributed by atoms with van der Waals surface area (Å²) in [4.78, 5) is 12.2. The minimum atomic E-state index is -0.901. The van der Waals surface area contributed by atoms with Gasteiger partial charge in [-0.2, -0.15) is 0 Å². The van der Waals surface area contributed by atoms with E-state index in [2.05, 4.69) is 0 Å². The first-order valence-electron chi connectivity index (χ1n) is 11.8. The molecule has 5 nitrogen and oxygen atoms in total. The molecule has 1 aromatic heterocycles. The van der Waals surface area contributed by atoms with Crippen molar-refractivity contribution < 1.29 is 24.1 Å². The molecule has 6 heteroatoms. The van der Waals surface area contributed by atoms with Gasteiger partial charge in [-0.3, -0.25) is 0 Å². The number of nitrogens with zero attached hydrogens (tertiary/aromatic N) is 1. The molecule has 182 valence electrons. The van der Waals surface area contributed by atoms with E-state index >= 15 is 0 Å². The highest BCUT2D eigenvalue weighted by atomic mass is 19.1. The second-order valence-electron chi connectivity index (χ2n) is 9.30. The number of carbonyl (C=O) groups excluding carboxylic acids is 1. The van der Waals surface area contributed by atoms with Crippen molar-refractivity contribution in [3.63, 3.8) is 0 Å². The highest BCUT2D eigenvalue weighted by Crippen LogP contribution is 2.29. The van der Waals surface area contributed by atoms with Gasteiger partial charge >= 0.3 is 5.97 Å². The topological polar surface area (TPSA) is 71.7 Å². The molecule has 3 aromatic carbocycles. The lowest BCUT2D eigenvalue weighted by molar-refractivity contribution is 0.0259. The van der Waals surface area contributed by atoms with E-state index in [1.54, 1.807) is 30.3 Å². The predicted molar refractivity (Wildman–Crippen MR) is 134 cm³/mol. The van der Waals surface area contributed by atoms with Gasteiger partial charge in [0.25, 0.3) is 0 Å². The Balaban J connectivity index is 1.51. The van der Waals surface area contributed by atoms with E-state index in [9.17, 15) is 19.4 Å². The van der Waals surface area contributed by atoms with Crippen LogP contribution in [0.4, 0.5) is 4.39 Å². The van der Waals surface area contributed by atoms with Gasteiger partial charge in [-0.05, 0) is 53.8 Å². The lowest BCUT2D eigenvalue weighted by Crippen LogP contribution is -2.20. The van der Waals surface area contributed by atoms with Gasteiger partial charge in [0.2, 0.25) is 0 Å². The SMILES string of the molecule is CC(C)Cc1cc(O)c(Cn2cc(C[C@H](O)COC(=O)c3ccccc3)c3ccccc32)c(F)c1. The molecule has 35 heavy (non-hydrogen) atoms. The van der Waals surface area contributed by atoms with Crippen LogP contribution in [0.5, 0.6) is 5.75 Å². The Morgan fingerprint density at radius 3 is 2.46 bits per heavy atom. The Morgan fingerprint density at radius 2 is 1.74 bits per heavy atom. The molecule has 4 aromatic rings. The molecule has 0 saturated heterocycles. The van der Waals surface area contributed by atoms with Gasteiger partial charge in [0, 0.05) is 29.1 Å². The van der Waals surface area contributed by atoms with Gasteiger partial charge in [-0.15, -0.1) is 0 Å². The van der Waals surface area contributed by atoms with Crippen molar-refractivity contribution in [2.24, 2.45) is 5.92 Å². The van der Waals surface area contributed by atoms with Crippen LogP contribution in [-0.2, 0) is 24.1 Å². The molecule has 0 unspecified atom stereocenters. The van der Waals surface area contributed by atoms with E-state index in [1.807, 2.05) is 54.9 Å². The average Bonchev–Trinajstić information content (AvgIpc) is 3.17. The summed E-state index contributed by atoms with van der Waals surface area (Å²) >= 11 is 0. The zero-order chi connectivity index (χ0) is 24.9. The fourth-order valence-electron chi connectivity index (χ4n) is 4.35. The third kappa shape index (κ3) is 5.89. The first-order valence-corrected chi connectivity index (χ1v) is 11.8. The number of aromatic nitrogens is 1. The predicted octanol–water partition coefficient (Wildman–Crippen LogP) is 5.49. The van der Waals surface area contributed by atoms with Gasteiger partial charge in [0.15, 0.2) is 0 Å². The molecule has 0 aliphatic rings. The molecule has 4 rings (SSSR count). The number of halogens is 1. The number of carbonyl (C=O) groups is 1. The summed E-state index contributed by atoms with van der Waals surface area (Å²) in [6.45, 7) is 4.11. The number of aromatic hydroxyl groups is 1. The number of esters is 1. The summed E-state index contributed by atoms with van der Waals surface area (Å²) < 4.78 is 22.1. The molecule has 0 radical (unpaired) electrons. The van der Waals surface area contributed by atoms with Crippen molar-refractivity contribution in [2.45, 2.75) is 39.3 Å². The van der Waals surface area contributed by atoms with Crippen LogP contribution in [0.3, 0.4) is 0 Å². The number of hydrogen-bond acceptors (Lipinski definition) is 4. The van der Waals surface area contributed by atoms with E-state index in [0.717, 1.165) is 22.0 Å². The highest BCUT2D eigenvalue weighted by molar-refractivity contribution is 5.89. The maximum atomic E-state index is 14.9. The van der Waals surface area contributed by atoms with E-state index in [1.165, 1.54) is 6.07 Å². The normalized spacial score (nSPS) is 12.3. The third-order valence-corrected chi connectivity index (χ3v) is 5.95. The number of hydrogen-bond donors (Lipinski definition) is 2.